The van der Waals surface area contributed by atoms with Crippen LogP contribution in [0, 0.1) is 0 Å². The first-order chi connectivity index (χ1) is 6.79. The molecular formula is C10H15NO3. The van der Waals surface area contributed by atoms with Crippen LogP contribution < -0.4 is 10.2 Å². The standard InChI is InChI=1S/C10H15NO3/c1-3-14-9-6-4-5-8(10(9)12)7-11-13-2/h4-6,11-12H,3,7H2,1-2H3. The first-order valence-corrected chi connectivity index (χ1v) is 4.49. The van der Waals surface area contributed by atoms with E-state index in [1.807, 2.05) is 19.1 Å². The van der Waals surface area contributed by atoms with Gasteiger partial charge in [0.15, 0.2) is 11.5 Å². The molecule has 0 aromatic heterocycles. The fourth-order valence-corrected chi connectivity index (χ4v) is 1.13. The van der Waals surface area contributed by atoms with Crippen molar-refractivity contribution in [1.82, 2.24) is 5.48 Å². The third kappa shape index (κ3) is 2.61. The Morgan fingerprint density at radius 1 is 1.43 bits per heavy atom. The maximum atomic E-state index is 9.73. The van der Waals surface area contributed by atoms with E-state index in [1.54, 1.807) is 6.07 Å². The molecule has 0 aliphatic rings. The van der Waals surface area contributed by atoms with E-state index in [2.05, 4.69) is 5.48 Å². The number of rotatable bonds is 5. The average Bonchev–Trinajstić information content (AvgIpc) is 2.20. The predicted octanol–water partition coefficient (Wildman–Crippen LogP) is 1.44. The second-order valence-corrected chi connectivity index (χ2v) is 2.72. The molecule has 0 aliphatic heterocycles. The van der Waals surface area contributed by atoms with Crippen LogP contribution in [0.4, 0.5) is 0 Å². The normalized spacial score (nSPS) is 10.1. The number of benzene rings is 1. The molecule has 0 bridgehead atoms. The fraction of sp³-hybridized carbons (Fsp3) is 0.400. The van der Waals surface area contributed by atoms with Gasteiger partial charge < -0.3 is 14.7 Å². The van der Waals surface area contributed by atoms with Crippen LogP contribution in [-0.4, -0.2) is 18.8 Å². The molecule has 78 valence electrons. The number of phenolic OH excluding ortho intramolecular Hbond substituents is 1. The van der Waals surface area contributed by atoms with Crippen molar-refractivity contribution in [3.05, 3.63) is 23.8 Å². The van der Waals surface area contributed by atoms with E-state index in [4.69, 9.17) is 9.57 Å². The SMILES string of the molecule is CCOc1cccc(CNOC)c1O. The van der Waals surface area contributed by atoms with Crippen molar-refractivity contribution >= 4 is 0 Å². The minimum absolute atomic E-state index is 0.166. The van der Waals surface area contributed by atoms with Crippen LogP contribution in [0.3, 0.4) is 0 Å². The van der Waals surface area contributed by atoms with Crippen molar-refractivity contribution < 1.29 is 14.7 Å². The van der Waals surface area contributed by atoms with Crippen molar-refractivity contribution in [2.45, 2.75) is 13.5 Å². The number of hydrogen-bond donors (Lipinski definition) is 2. The highest BCUT2D eigenvalue weighted by Gasteiger charge is 2.06. The topological polar surface area (TPSA) is 50.7 Å². The zero-order valence-corrected chi connectivity index (χ0v) is 8.41. The Kier molecular flexibility index (Phi) is 4.22. The van der Waals surface area contributed by atoms with Gasteiger partial charge in [0.2, 0.25) is 0 Å². The van der Waals surface area contributed by atoms with Crippen molar-refractivity contribution in [3.63, 3.8) is 0 Å². The van der Waals surface area contributed by atoms with Gasteiger partial charge in [-0.1, -0.05) is 12.1 Å². The Bertz CT molecular complexity index is 289. The lowest BCUT2D eigenvalue weighted by Crippen LogP contribution is -2.11. The summed E-state index contributed by atoms with van der Waals surface area (Å²) in [5, 5.41) is 9.73. The van der Waals surface area contributed by atoms with E-state index in [0.717, 1.165) is 5.56 Å². The number of phenols is 1. The summed E-state index contributed by atoms with van der Waals surface area (Å²) >= 11 is 0. The zero-order valence-electron chi connectivity index (χ0n) is 8.41. The highest BCUT2D eigenvalue weighted by molar-refractivity contribution is 5.45. The molecular weight excluding hydrogens is 182 g/mol. The molecule has 0 spiro atoms. The van der Waals surface area contributed by atoms with Gasteiger partial charge in [0.1, 0.15) is 0 Å². The summed E-state index contributed by atoms with van der Waals surface area (Å²) in [6.07, 6.45) is 0. The number of hydrogen-bond acceptors (Lipinski definition) is 4. The summed E-state index contributed by atoms with van der Waals surface area (Å²) in [5.74, 6) is 0.668. The van der Waals surface area contributed by atoms with Gasteiger partial charge in [-0.05, 0) is 13.0 Å². The lowest BCUT2D eigenvalue weighted by atomic mass is 10.2. The van der Waals surface area contributed by atoms with Crippen molar-refractivity contribution in [2.75, 3.05) is 13.7 Å². The van der Waals surface area contributed by atoms with Gasteiger partial charge in [-0.15, -0.1) is 0 Å². The Hall–Kier alpha value is -1.26. The van der Waals surface area contributed by atoms with Gasteiger partial charge in [-0.2, -0.15) is 5.48 Å². The van der Waals surface area contributed by atoms with Crippen molar-refractivity contribution in [1.29, 1.82) is 0 Å². The quantitative estimate of drug-likeness (QED) is 0.701. The maximum absolute atomic E-state index is 9.73. The van der Waals surface area contributed by atoms with Crippen LogP contribution in [-0.2, 0) is 11.4 Å². The third-order valence-corrected chi connectivity index (χ3v) is 1.79. The van der Waals surface area contributed by atoms with Crippen LogP contribution in [0.15, 0.2) is 18.2 Å². The summed E-state index contributed by atoms with van der Waals surface area (Å²) in [4.78, 5) is 4.70. The summed E-state index contributed by atoms with van der Waals surface area (Å²) in [7, 11) is 1.53. The molecule has 0 unspecified atom stereocenters. The Labute approximate surface area is 83.4 Å². The van der Waals surface area contributed by atoms with Gasteiger partial charge in [-0.25, -0.2) is 0 Å². The molecule has 0 heterocycles. The number of hydroxylamine groups is 1. The Morgan fingerprint density at radius 3 is 2.86 bits per heavy atom. The molecule has 0 fully saturated rings. The van der Waals surface area contributed by atoms with Crippen LogP contribution >= 0.6 is 0 Å². The molecule has 0 amide bonds. The summed E-state index contributed by atoms with van der Waals surface area (Å²) < 4.78 is 5.24. The van der Waals surface area contributed by atoms with Crippen molar-refractivity contribution in [2.24, 2.45) is 0 Å². The number of aromatic hydroxyl groups is 1. The lowest BCUT2D eigenvalue weighted by molar-refractivity contribution is 0.0860. The van der Waals surface area contributed by atoms with Gasteiger partial charge in [0, 0.05) is 12.1 Å². The molecule has 1 aromatic rings. The van der Waals surface area contributed by atoms with E-state index < -0.39 is 0 Å². The zero-order chi connectivity index (χ0) is 10.4. The van der Waals surface area contributed by atoms with Crippen LogP contribution in [0.1, 0.15) is 12.5 Å². The molecule has 0 saturated heterocycles. The molecule has 14 heavy (non-hydrogen) atoms. The Morgan fingerprint density at radius 2 is 2.21 bits per heavy atom. The molecule has 0 atom stereocenters. The first-order valence-electron chi connectivity index (χ1n) is 4.49. The molecule has 1 aromatic carbocycles. The van der Waals surface area contributed by atoms with E-state index in [9.17, 15) is 5.11 Å². The van der Waals surface area contributed by atoms with Crippen LogP contribution in [0.2, 0.25) is 0 Å². The van der Waals surface area contributed by atoms with Crippen molar-refractivity contribution in [3.8, 4) is 11.5 Å². The summed E-state index contributed by atoms with van der Waals surface area (Å²) in [5.41, 5.74) is 3.41. The summed E-state index contributed by atoms with van der Waals surface area (Å²) in [6, 6.07) is 5.37. The maximum Gasteiger partial charge on any atom is 0.162 e. The minimum atomic E-state index is 0.166. The molecule has 4 nitrogen and oxygen atoms in total. The first kappa shape index (κ1) is 10.8. The molecule has 1 rings (SSSR count). The highest BCUT2D eigenvalue weighted by atomic mass is 16.6. The van der Waals surface area contributed by atoms with Crippen LogP contribution in [0.5, 0.6) is 11.5 Å². The predicted molar refractivity (Wildman–Crippen MR) is 53.1 cm³/mol. The molecule has 0 aliphatic carbocycles. The molecule has 0 saturated carbocycles. The second-order valence-electron chi connectivity index (χ2n) is 2.72. The Balaban J connectivity index is 2.78. The van der Waals surface area contributed by atoms with Crippen LogP contribution in [0.25, 0.3) is 0 Å². The van der Waals surface area contributed by atoms with Gasteiger partial charge in [-0.3, -0.25) is 0 Å². The average molecular weight is 197 g/mol. The van der Waals surface area contributed by atoms with E-state index in [-0.39, 0.29) is 5.75 Å². The third-order valence-electron chi connectivity index (χ3n) is 1.79. The van der Waals surface area contributed by atoms with Gasteiger partial charge in [0.25, 0.3) is 0 Å². The number of nitrogens with one attached hydrogen (secondary N) is 1. The highest BCUT2D eigenvalue weighted by Crippen LogP contribution is 2.29. The van der Waals surface area contributed by atoms with Gasteiger partial charge >= 0.3 is 0 Å². The largest absolute Gasteiger partial charge is 0.504 e. The fourth-order valence-electron chi connectivity index (χ4n) is 1.13. The van der Waals surface area contributed by atoms with E-state index in [0.29, 0.717) is 18.9 Å². The monoisotopic (exact) mass is 197 g/mol. The minimum Gasteiger partial charge on any atom is -0.504 e. The van der Waals surface area contributed by atoms with E-state index >= 15 is 0 Å². The number of ether oxygens (including phenoxy) is 1. The van der Waals surface area contributed by atoms with E-state index in [1.165, 1.54) is 7.11 Å². The van der Waals surface area contributed by atoms with Gasteiger partial charge in [0.05, 0.1) is 13.7 Å². The second kappa shape index (κ2) is 5.47. The summed E-state index contributed by atoms with van der Waals surface area (Å²) in [6.45, 7) is 2.86. The molecule has 0 radical (unpaired) electrons. The molecule has 2 N–H and O–H groups in total. The number of para-hydroxylation sites is 1. The lowest BCUT2D eigenvalue weighted by Gasteiger charge is -2.09. The smallest absolute Gasteiger partial charge is 0.162 e. The molecule has 4 heteroatoms.